The molecule has 0 atom stereocenters. The Morgan fingerprint density at radius 2 is 1.60 bits per heavy atom. The molecular formula is C26H23N3O6. The maximum Gasteiger partial charge on any atom is 0.282 e. The summed E-state index contributed by atoms with van der Waals surface area (Å²) in [5, 5.41) is 7.65. The Morgan fingerprint density at radius 3 is 2.29 bits per heavy atom. The molecule has 3 aromatic carbocycles. The van der Waals surface area contributed by atoms with Gasteiger partial charge in [0.2, 0.25) is 0 Å². The molecule has 1 N–H and O–H groups in total. The van der Waals surface area contributed by atoms with Gasteiger partial charge in [-0.3, -0.25) is 14.4 Å². The molecule has 0 radical (unpaired) electrons. The number of hydrogen-bond donors (Lipinski definition) is 1. The molecule has 1 aliphatic rings. The van der Waals surface area contributed by atoms with Crippen molar-refractivity contribution in [2.45, 2.75) is 6.92 Å². The number of hydrazone groups is 1. The van der Waals surface area contributed by atoms with Gasteiger partial charge in [-0.25, -0.2) is 0 Å². The number of imide groups is 1. The van der Waals surface area contributed by atoms with E-state index in [1.165, 1.54) is 13.3 Å². The summed E-state index contributed by atoms with van der Waals surface area (Å²) >= 11 is 0. The number of para-hydroxylation sites is 2. The van der Waals surface area contributed by atoms with E-state index in [-0.39, 0.29) is 12.5 Å². The Kier molecular flexibility index (Phi) is 7.06. The molecule has 0 aromatic heterocycles. The van der Waals surface area contributed by atoms with E-state index in [1.54, 1.807) is 66.7 Å². The van der Waals surface area contributed by atoms with Gasteiger partial charge in [-0.2, -0.15) is 10.1 Å². The van der Waals surface area contributed by atoms with Crippen molar-refractivity contribution in [3.8, 4) is 17.2 Å². The Hall–Kier alpha value is -4.66. The van der Waals surface area contributed by atoms with E-state index in [1.807, 2.05) is 6.92 Å². The highest BCUT2D eigenvalue weighted by Gasteiger charge is 2.35. The lowest BCUT2D eigenvalue weighted by atomic mass is 10.1. The number of benzene rings is 3. The standard InChI is InChI=1S/C26H23N3O6/c1-3-34-23-14-17(15-27-29-25(31)18-8-4-5-9-19(18)26(29)32)12-13-22(23)35-16-24(30)28-20-10-6-7-11-21(20)33-2/h4-15H,3,16H2,1-2H3,(H,28,30)/b27-15+. The number of ether oxygens (including phenoxy) is 3. The number of carbonyl (C=O) groups excluding carboxylic acids is 3. The summed E-state index contributed by atoms with van der Waals surface area (Å²) in [6.07, 6.45) is 1.39. The number of rotatable bonds is 9. The highest BCUT2D eigenvalue weighted by Crippen LogP contribution is 2.29. The van der Waals surface area contributed by atoms with Gasteiger partial charge in [0.05, 0.1) is 36.7 Å². The molecule has 9 heteroatoms. The van der Waals surface area contributed by atoms with E-state index < -0.39 is 11.8 Å². The Labute approximate surface area is 201 Å². The molecule has 35 heavy (non-hydrogen) atoms. The second-order valence-electron chi connectivity index (χ2n) is 7.39. The molecule has 3 aromatic rings. The van der Waals surface area contributed by atoms with E-state index in [4.69, 9.17) is 14.2 Å². The lowest BCUT2D eigenvalue weighted by Gasteiger charge is -2.13. The van der Waals surface area contributed by atoms with E-state index in [2.05, 4.69) is 10.4 Å². The first kappa shape index (κ1) is 23.5. The van der Waals surface area contributed by atoms with Gasteiger partial charge in [0.25, 0.3) is 17.7 Å². The number of fused-ring (bicyclic) bond motifs is 1. The predicted molar refractivity (Wildman–Crippen MR) is 129 cm³/mol. The first-order valence-electron chi connectivity index (χ1n) is 10.9. The van der Waals surface area contributed by atoms with Crippen LogP contribution in [0.1, 0.15) is 33.2 Å². The Bertz CT molecular complexity index is 1270. The van der Waals surface area contributed by atoms with Crippen LogP contribution in [-0.4, -0.2) is 49.3 Å². The van der Waals surface area contributed by atoms with E-state index >= 15 is 0 Å². The van der Waals surface area contributed by atoms with E-state index in [0.717, 1.165) is 5.01 Å². The van der Waals surface area contributed by atoms with Crippen LogP contribution in [0.25, 0.3) is 0 Å². The van der Waals surface area contributed by atoms with Crippen molar-refractivity contribution in [2.75, 3.05) is 25.6 Å². The molecule has 0 spiro atoms. The average molecular weight is 473 g/mol. The molecular weight excluding hydrogens is 450 g/mol. The lowest BCUT2D eigenvalue weighted by molar-refractivity contribution is -0.118. The first-order valence-corrected chi connectivity index (χ1v) is 10.9. The maximum atomic E-state index is 12.5. The molecule has 0 saturated carbocycles. The number of methoxy groups -OCH3 is 1. The fourth-order valence-electron chi connectivity index (χ4n) is 3.48. The van der Waals surface area contributed by atoms with Gasteiger partial charge in [0.1, 0.15) is 5.75 Å². The molecule has 0 aliphatic carbocycles. The van der Waals surface area contributed by atoms with Gasteiger partial charge in [-0.15, -0.1) is 0 Å². The molecule has 0 bridgehead atoms. The number of nitrogens with one attached hydrogen (secondary N) is 1. The molecule has 0 saturated heterocycles. The Morgan fingerprint density at radius 1 is 0.914 bits per heavy atom. The highest BCUT2D eigenvalue weighted by atomic mass is 16.5. The molecule has 1 heterocycles. The number of nitrogens with zero attached hydrogens (tertiary/aromatic N) is 2. The van der Waals surface area contributed by atoms with Crippen LogP contribution in [0.3, 0.4) is 0 Å². The van der Waals surface area contributed by atoms with Gasteiger partial charge in [0.15, 0.2) is 18.1 Å². The second-order valence-corrected chi connectivity index (χ2v) is 7.39. The molecule has 4 rings (SSSR count). The topological polar surface area (TPSA) is 107 Å². The van der Waals surface area contributed by atoms with Crippen LogP contribution in [0.2, 0.25) is 0 Å². The van der Waals surface area contributed by atoms with Crippen molar-refractivity contribution in [1.29, 1.82) is 0 Å². The quantitative estimate of drug-likeness (QED) is 0.375. The number of hydrogen-bond acceptors (Lipinski definition) is 7. The summed E-state index contributed by atoms with van der Waals surface area (Å²) in [4.78, 5) is 37.3. The van der Waals surface area contributed by atoms with Gasteiger partial charge in [-0.1, -0.05) is 24.3 Å². The summed E-state index contributed by atoms with van der Waals surface area (Å²) in [5.74, 6) is -0.0321. The maximum absolute atomic E-state index is 12.5. The van der Waals surface area contributed by atoms with Crippen LogP contribution < -0.4 is 19.5 Å². The monoisotopic (exact) mass is 473 g/mol. The summed E-state index contributed by atoms with van der Waals surface area (Å²) in [6.45, 7) is 1.93. The zero-order valence-corrected chi connectivity index (χ0v) is 19.2. The van der Waals surface area contributed by atoms with Crippen molar-refractivity contribution < 1.29 is 28.6 Å². The SMILES string of the molecule is CCOc1cc(/C=N/N2C(=O)c3ccccc3C2=O)ccc1OCC(=O)Nc1ccccc1OC. The third-order valence-corrected chi connectivity index (χ3v) is 5.10. The number of amides is 3. The molecule has 0 fully saturated rings. The zero-order valence-electron chi connectivity index (χ0n) is 19.2. The Balaban J connectivity index is 1.44. The number of anilines is 1. The van der Waals surface area contributed by atoms with Crippen molar-refractivity contribution in [3.63, 3.8) is 0 Å². The van der Waals surface area contributed by atoms with Crippen LogP contribution in [0.4, 0.5) is 5.69 Å². The second kappa shape index (κ2) is 10.5. The van der Waals surface area contributed by atoms with Crippen LogP contribution in [0, 0.1) is 0 Å². The minimum atomic E-state index is -0.479. The average Bonchev–Trinajstić information content (AvgIpc) is 3.12. The smallest absolute Gasteiger partial charge is 0.282 e. The van der Waals surface area contributed by atoms with Gasteiger partial charge in [0, 0.05) is 0 Å². The van der Waals surface area contributed by atoms with Gasteiger partial charge >= 0.3 is 0 Å². The third kappa shape index (κ3) is 5.14. The van der Waals surface area contributed by atoms with Crippen LogP contribution in [-0.2, 0) is 4.79 Å². The highest BCUT2D eigenvalue weighted by molar-refractivity contribution is 6.21. The molecule has 1 aliphatic heterocycles. The lowest BCUT2D eigenvalue weighted by Crippen LogP contribution is -2.24. The first-order chi connectivity index (χ1) is 17.0. The molecule has 0 unspecified atom stereocenters. The van der Waals surface area contributed by atoms with Crippen LogP contribution >= 0.6 is 0 Å². The fraction of sp³-hybridized carbons (Fsp3) is 0.154. The molecule has 178 valence electrons. The molecule has 9 nitrogen and oxygen atoms in total. The molecule has 3 amide bonds. The van der Waals surface area contributed by atoms with Gasteiger partial charge < -0.3 is 19.5 Å². The number of carbonyl (C=O) groups is 3. The van der Waals surface area contributed by atoms with Crippen molar-refractivity contribution in [1.82, 2.24) is 5.01 Å². The van der Waals surface area contributed by atoms with Gasteiger partial charge in [-0.05, 0) is 55.0 Å². The minimum Gasteiger partial charge on any atom is -0.495 e. The van der Waals surface area contributed by atoms with Crippen molar-refractivity contribution in [2.24, 2.45) is 5.10 Å². The van der Waals surface area contributed by atoms with Crippen LogP contribution in [0.15, 0.2) is 71.8 Å². The van der Waals surface area contributed by atoms with Crippen LogP contribution in [0.5, 0.6) is 17.2 Å². The summed E-state index contributed by atoms with van der Waals surface area (Å²) in [6, 6.07) is 18.6. The summed E-state index contributed by atoms with van der Waals surface area (Å²) in [7, 11) is 1.52. The fourth-order valence-corrected chi connectivity index (χ4v) is 3.48. The minimum absolute atomic E-state index is 0.249. The summed E-state index contributed by atoms with van der Waals surface area (Å²) < 4.78 is 16.5. The zero-order chi connectivity index (χ0) is 24.8. The van der Waals surface area contributed by atoms with Crippen molar-refractivity contribution >= 4 is 29.6 Å². The van der Waals surface area contributed by atoms with E-state index in [0.29, 0.717) is 46.2 Å². The third-order valence-electron chi connectivity index (χ3n) is 5.10. The van der Waals surface area contributed by atoms with E-state index in [9.17, 15) is 14.4 Å². The summed E-state index contributed by atoms with van der Waals surface area (Å²) in [5.41, 5.74) is 1.75. The normalized spacial score (nSPS) is 12.6. The van der Waals surface area contributed by atoms with Crippen molar-refractivity contribution in [3.05, 3.63) is 83.4 Å². The predicted octanol–water partition coefficient (Wildman–Crippen LogP) is 3.74. The largest absolute Gasteiger partial charge is 0.495 e.